The summed E-state index contributed by atoms with van der Waals surface area (Å²) in [5.74, 6) is -0.713. The predicted molar refractivity (Wildman–Crippen MR) is 85.4 cm³/mol. The lowest BCUT2D eigenvalue weighted by Crippen LogP contribution is -2.21. The zero-order valence-corrected chi connectivity index (χ0v) is 13.7. The van der Waals surface area contributed by atoms with Gasteiger partial charge in [0, 0.05) is 18.5 Å². The maximum absolute atomic E-state index is 13.4. The fourth-order valence-electron chi connectivity index (χ4n) is 1.61. The van der Waals surface area contributed by atoms with Gasteiger partial charge in [0.15, 0.2) is 11.0 Å². The Kier molecular flexibility index (Phi) is 5.91. The zero-order chi connectivity index (χ0) is 18.6. The van der Waals surface area contributed by atoms with Gasteiger partial charge in [-0.25, -0.2) is 19.3 Å². The lowest BCUT2D eigenvalue weighted by atomic mass is 10.2. The maximum Gasteiger partial charge on any atom is 0.430 e. The molecule has 2 aromatic rings. The van der Waals surface area contributed by atoms with Gasteiger partial charge in [0.2, 0.25) is 0 Å². The molecule has 0 fully saturated rings. The van der Waals surface area contributed by atoms with Crippen LogP contribution >= 0.6 is 23.2 Å². The summed E-state index contributed by atoms with van der Waals surface area (Å²) in [6.45, 7) is 0. The first-order valence-corrected chi connectivity index (χ1v) is 7.30. The van der Waals surface area contributed by atoms with Crippen LogP contribution in [0.4, 0.5) is 23.2 Å². The molecule has 0 spiro atoms. The Balaban J connectivity index is 2.41. The van der Waals surface area contributed by atoms with Gasteiger partial charge in [0.1, 0.15) is 11.5 Å². The molecule has 0 aliphatic heterocycles. The number of allylic oxidation sites excluding steroid dienone is 2. The molecule has 25 heavy (non-hydrogen) atoms. The smallest absolute Gasteiger partial charge is 0.395 e. The number of aliphatic imine (C=N–C) groups is 1. The van der Waals surface area contributed by atoms with Gasteiger partial charge < -0.3 is 5.73 Å². The molecule has 0 aliphatic carbocycles. The van der Waals surface area contributed by atoms with Crippen molar-refractivity contribution < 1.29 is 17.6 Å². The van der Waals surface area contributed by atoms with E-state index in [0.29, 0.717) is 6.08 Å². The summed E-state index contributed by atoms with van der Waals surface area (Å²) in [6, 6.07) is 0.926. The minimum atomic E-state index is -4.74. The van der Waals surface area contributed by atoms with E-state index >= 15 is 0 Å². The highest BCUT2D eigenvalue weighted by Crippen LogP contribution is 2.23. The van der Waals surface area contributed by atoms with Crippen LogP contribution in [0.5, 0.6) is 0 Å². The van der Waals surface area contributed by atoms with E-state index in [1.54, 1.807) is 0 Å². The third-order valence-electron chi connectivity index (χ3n) is 2.72. The minimum absolute atomic E-state index is 0.0444. The summed E-state index contributed by atoms with van der Waals surface area (Å²) in [5.41, 5.74) is 3.45. The van der Waals surface area contributed by atoms with Crippen LogP contribution < -0.4 is 5.73 Å². The van der Waals surface area contributed by atoms with Gasteiger partial charge in [-0.2, -0.15) is 13.2 Å². The van der Waals surface area contributed by atoms with E-state index in [4.69, 9.17) is 28.9 Å². The number of nitrogens with two attached hydrogens (primary N) is 1. The van der Waals surface area contributed by atoms with Crippen molar-refractivity contribution in [3.63, 3.8) is 0 Å². The molecule has 2 N–H and O–H groups in total. The second kappa shape index (κ2) is 7.75. The average molecular weight is 394 g/mol. The molecule has 0 bridgehead atoms. The molecular formula is C14H9Cl2F4N5. The van der Waals surface area contributed by atoms with Crippen molar-refractivity contribution in [3.8, 4) is 0 Å². The number of hydrogen-bond donors (Lipinski definition) is 1. The molecule has 11 heteroatoms. The highest BCUT2D eigenvalue weighted by molar-refractivity contribution is 6.30. The number of alkyl halides is 3. The van der Waals surface area contributed by atoms with Crippen LogP contribution in [-0.2, 0) is 6.42 Å². The van der Waals surface area contributed by atoms with E-state index in [0.717, 1.165) is 12.3 Å². The van der Waals surface area contributed by atoms with Crippen LogP contribution in [0, 0.1) is 5.82 Å². The molecule has 0 aromatic carbocycles. The van der Waals surface area contributed by atoms with Crippen LogP contribution in [0.2, 0.25) is 10.2 Å². The van der Waals surface area contributed by atoms with Gasteiger partial charge in [-0.1, -0.05) is 23.2 Å². The first-order valence-electron chi connectivity index (χ1n) is 6.54. The van der Waals surface area contributed by atoms with E-state index in [2.05, 4.69) is 19.9 Å². The molecule has 0 amide bonds. The molecule has 0 saturated carbocycles. The largest absolute Gasteiger partial charge is 0.430 e. The highest BCUT2D eigenvalue weighted by atomic mass is 35.5. The monoisotopic (exact) mass is 393 g/mol. The molecule has 0 radical (unpaired) electrons. The van der Waals surface area contributed by atoms with Crippen LogP contribution in [-0.4, -0.2) is 26.8 Å². The van der Waals surface area contributed by atoms with E-state index in [9.17, 15) is 17.6 Å². The normalized spacial score (nSPS) is 13.2. The highest BCUT2D eigenvalue weighted by Gasteiger charge is 2.31. The van der Waals surface area contributed by atoms with Gasteiger partial charge in [0.25, 0.3) is 0 Å². The second-order valence-electron chi connectivity index (χ2n) is 4.66. The molecule has 2 heterocycles. The summed E-state index contributed by atoms with van der Waals surface area (Å²) in [7, 11) is 0. The molecule has 132 valence electrons. The Morgan fingerprint density at radius 1 is 1.16 bits per heavy atom. The molecule has 2 aromatic heterocycles. The van der Waals surface area contributed by atoms with E-state index < -0.39 is 17.7 Å². The predicted octanol–water partition coefficient (Wildman–Crippen LogP) is 4.04. The summed E-state index contributed by atoms with van der Waals surface area (Å²) in [5, 5.41) is -0.122. The molecule has 0 aliphatic rings. The van der Waals surface area contributed by atoms with Crippen LogP contribution in [0.1, 0.15) is 5.82 Å². The third-order valence-corrected chi connectivity index (χ3v) is 3.19. The molecule has 0 unspecified atom stereocenters. The molecule has 5 nitrogen and oxygen atoms in total. The van der Waals surface area contributed by atoms with Crippen LogP contribution in [0.3, 0.4) is 0 Å². The fourth-order valence-corrected chi connectivity index (χ4v) is 1.82. The third kappa shape index (κ3) is 5.64. The van der Waals surface area contributed by atoms with Gasteiger partial charge in [0.05, 0.1) is 29.0 Å². The maximum atomic E-state index is 13.4. The standard InChI is InChI=1S/C14H9Cl2F4N5/c15-7-4-22-12(23-5-7)3-8(2-11(21)14(18,19)20)25-9-1-10(17)13(16)24-6-9/h1-2,4-6H,3,21H2/b11-2-,25-8?. The first-order chi connectivity index (χ1) is 11.6. The van der Waals surface area contributed by atoms with Gasteiger partial charge >= 0.3 is 6.18 Å². The SMILES string of the molecule is N/C(=C\C(Cc1ncc(Cl)cn1)=Nc1cnc(Cl)c(F)c1)C(F)(F)F. The van der Waals surface area contributed by atoms with E-state index in [1.165, 1.54) is 12.4 Å². The van der Waals surface area contributed by atoms with Crippen molar-refractivity contribution in [2.45, 2.75) is 12.6 Å². The Morgan fingerprint density at radius 2 is 1.80 bits per heavy atom. The number of hydrogen-bond acceptors (Lipinski definition) is 5. The van der Waals surface area contributed by atoms with Crippen molar-refractivity contribution in [1.29, 1.82) is 0 Å². The molecule has 0 saturated heterocycles. The van der Waals surface area contributed by atoms with Gasteiger partial charge in [-0.3, -0.25) is 4.99 Å². The Hall–Kier alpha value is -2.26. The minimum Gasteiger partial charge on any atom is -0.395 e. The van der Waals surface area contributed by atoms with Gasteiger partial charge in [-0.05, 0) is 6.08 Å². The Labute approximate surface area is 149 Å². The van der Waals surface area contributed by atoms with Crippen molar-refractivity contribution in [3.05, 3.63) is 58.2 Å². The summed E-state index contributed by atoms with van der Waals surface area (Å²) in [6.07, 6.45) is -0.663. The number of aromatic nitrogens is 3. The summed E-state index contributed by atoms with van der Waals surface area (Å²) in [4.78, 5) is 15.2. The zero-order valence-electron chi connectivity index (χ0n) is 12.2. The van der Waals surface area contributed by atoms with Crippen molar-refractivity contribution in [2.24, 2.45) is 10.7 Å². The van der Waals surface area contributed by atoms with Crippen LogP contribution in [0.15, 0.2) is 41.4 Å². The summed E-state index contributed by atoms with van der Waals surface area (Å²) >= 11 is 11.1. The summed E-state index contributed by atoms with van der Waals surface area (Å²) < 4.78 is 51.4. The molecule has 0 atom stereocenters. The number of halogens is 6. The van der Waals surface area contributed by atoms with E-state index in [1.807, 2.05) is 0 Å². The quantitative estimate of drug-likeness (QED) is 0.483. The lowest BCUT2D eigenvalue weighted by molar-refractivity contribution is -0.0925. The van der Waals surface area contributed by atoms with Crippen molar-refractivity contribution in [1.82, 2.24) is 15.0 Å². The Bertz CT molecular complexity index is 819. The second-order valence-corrected chi connectivity index (χ2v) is 5.46. The van der Waals surface area contributed by atoms with Gasteiger partial charge in [-0.15, -0.1) is 0 Å². The number of rotatable bonds is 4. The topological polar surface area (TPSA) is 77.0 Å². The van der Waals surface area contributed by atoms with Crippen LogP contribution in [0.25, 0.3) is 0 Å². The Morgan fingerprint density at radius 3 is 2.36 bits per heavy atom. The first kappa shape index (κ1) is 19.1. The van der Waals surface area contributed by atoms with E-state index in [-0.39, 0.29) is 33.8 Å². The molecular weight excluding hydrogens is 385 g/mol. The fraction of sp³-hybridized carbons (Fsp3) is 0.143. The number of pyridine rings is 1. The average Bonchev–Trinajstić information content (AvgIpc) is 2.52. The van der Waals surface area contributed by atoms with Crippen molar-refractivity contribution >= 4 is 34.6 Å². The molecule has 2 rings (SSSR count). The lowest BCUT2D eigenvalue weighted by Gasteiger charge is -2.08. The van der Waals surface area contributed by atoms with Crippen molar-refractivity contribution in [2.75, 3.05) is 0 Å². The number of nitrogens with zero attached hydrogens (tertiary/aromatic N) is 4.